The second kappa shape index (κ2) is 11.0. The van der Waals surface area contributed by atoms with E-state index in [1.807, 2.05) is 24.3 Å². The Hall–Kier alpha value is -2.38. The van der Waals surface area contributed by atoms with Gasteiger partial charge in [0.1, 0.15) is 5.75 Å². The molecule has 0 aliphatic carbocycles. The average Bonchev–Trinajstić information content (AvgIpc) is 3.15. The fourth-order valence-corrected chi connectivity index (χ4v) is 4.41. The van der Waals surface area contributed by atoms with Crippen molar-refractivity contribution in [3.05, 3.63) is 52.2 Å². The molecular weight excluding hydrogens is 386 g/mol. The van der Waals surface area contributed by atoms with E-state index >= 15 is 0 Å². The molecule has 2 aromatic rings. The van der Waals surface area contributed by atoms with Gasteiger partial charge in [-0.15, -0.1) is 0 Å². The molecule has 1 fully saturated rings. The van der Waals surface area contributed by atoms with Gasteiger partial charge in [0.15, 0.2) is 0 Å². The number of hydrogen-bond acceptors (Lipinski definition) is 5. The van der Waals surface area contributed by atoms with E-state index in [0.29, 0.717) is 12.3 Å². The highest BCUT2D eigenvalue weighted by Crippen LogP contribution is 2.25. The molecule has 2 N–H and O–H groups in total. The van der Waals surface area contributed by atoms with Crippen LogP contribution in [0.3, 0.4) is 0 Å². The first-order valence-electron chi connectivity index (χ1n) is 10.1. The largest absolute Gasteiger partial charge is 0.496 e. The van der Waals surface area contributed by atoms with Crippen molar-refractivity contribution in [2.75, 3.05) is 26.7 Å². The highest BCUT2D eigenvalue weighted by atomic mass is 32.1. The van der Waals surface area contributed by atoms with Crippen molar-refractivity contribution in [2.24, 2.45) is 0 Å². The highest BCUT2D eigenvalue weighted by molar-refractivity contribution is 7.08. The fraction of sp³-hybridized carbons (Fsp3) is 0.455. The zero-order valence-corrected chi connectivity index (χ0v) is 17.7. The number of likely N-dealkylation sites (tertiary alicyclic amines) is 1. The van der Waals surface area contributed by atoms with Gasteiger partial charge in [-0.2, -0.15) is 11.3 Å². The predicted octanol–water partition coefficient (Wildman–Crippen LogP) is 3.11. The maximum Gasteiger partial charge on any atom is 0.309 e. The zero-order valence-electron chi connectivity index (χ0n) is 16.9. The molecule has 7 heteroatoms. The SMILES string of the molecule is COc1ccccc1CNC(=O)C(=O)NC[C@@H](c1ccsc1)N1CCCCCC1. The molecule has 0 unspecified atom stereocenters. The van der Waals surface area contributed by atoms with Crippen molar-refractivity contribution < 1.29 is 14.3 Å². The van der Waals surface area contributed by atoms with E-state index in [2.05, 4.69) is 32.4 Å². The normalized spacial score (nSPS) is 15.9. The number of nitrogens with zero attached hydrogens (tertiary/aromatic N) is 1. The van der Waals surface area contributed by atoms with Gasteiger partial charge >= 0.3 is 11.8 Å². The van der Waals surface area contributed by atoms with Crippen LogP contribution < -0.4 is 15.4 Å². The molecule has 156 valence electrons. The van der Waals surface area contributed by atoms with Gasteiger partial charge in [0.2, 0.25) is 0 Å². The van der Waals surface area contributed by atoms with Crippen LogP contribution in [0.25, 0.3) is 0 Å². The van der Waals surface area contributed by atoms with Crippen LogP contribution in [-0.4, -0.2) is 43.5 Å². The molecule has 0 saturated carbocycles. The molecule has 0 spiro atoms. The third-order valence-electron chi connectivity index (χ3n) is 5.30. The van der Waals surface area contributed by atoms with Gasteiger partial charge in [-0.3, -0.25) is 14.5 Å². The van der Waals surface area contributed by atoms with Gasteiger partial charge < -0.3 is 15.4 Å². The van der Waals surface area contributed by atoms with Gasteiger partial charge in [-0.1, -0.05) is 31.0 Å². The molecule has 0 radical (unpaired) electrons. The smallest absolute Gasteiger partial charge is 0.309 e. The van der Waals surface area contributed by atoms with Crippen LogP contribution >= 0.6 is 11.3 Å². The summed E-state index contributed by atoms with van der Waals surface area (Å²) in [6, 6.07) is 9.64. The molecule has 1 aliphatic rings. The third-order valence-corrected chi connectivity index (χ3v) is 6.00. The Morgan fingerprint density at radius 2 is 1.79 bits per heavy atom. The van der Waals surface area contributed by atoms with Gasteiger partial charge in [0, 0.05) is 18.7 Å². The maximum atomic E-state index is 12.4. The molecule has 29 heavy (non-hydrogen) atoms. The van der Waals surface area contributed by atoms with E-state index in [1.165, 1.54) is 31.2 Å². The monoisotopic (exact) mass is 415 g/mol. The first kappa shape index (κ1) is 21.3. The van der Waals surface area contributed by atoms with Crippen molar-refractivity contribution in [1.29, 1.82) is 0 Å². The number of methoxy groups -OCH3 is 1. The molecular formula is C22H29N3O3S. The number of ether oxygens (including phenoxy) is 1. The van der Waals surface area contributed by atoms with Crippen LogP contribution in [0.4, 0.5) is 0 Å². The number of carbonyl (C=O) groups excluding carboxylic acids is 2. The van der Waals surface area contributed by atoms with Gasteiger partial charge in [0.05, 0.1) is 13.2 Å². The van der Waals surface area contributed by atoms with Crippen LogP contribution in [0.1, 0.15) is 42.9 Å². The van der Waals surface area contributed by atoms with Crippen molar-refractivity contribution in [1.82, 2.24) is 15.5 Å². The lowest BCUT2D eigenvalue weighted by atomic mass is 10.1. The number of thiophene rings is 1. The van der Waals surface area contributed by atoms with E-state index in [9.17, 15) is 9.59 Å². The number of para-hydroxylation sites is 1. The van der Waals surface area contributed by atoms with E-state index in [4.69, 9.17) is 4.74 Å². The standard InChI is InChI=1S/C22H29N3O3S/c1-28-20-9-5-4-8-17(20)14-23-21(26)22(27)24-15-19(18-10-13-29-16-18)25-11-6-2-3-7-12-25/h4-5,8-10,13,16,19H,2-3,6-7,11-12,14-15H2,1H3,(H,23,26)(H,24,27)/t19-/m0/s1. The van der Waals surface area contributed by atoms with Gasteiger partial charge in [-0.25, -0.2) is 0 Å². The Morgan fingerprint density at radius 3 is 2.48 bits per heavy atom. The van der Waals surface area contributed by atoms with E-state index < -0.39 is 11.8 Å². The molecule has 3 rings (SSSR count). The van der Waals surface area contributed by atoms with Crippen LogP contribution in [-0.2, 0) is 16.1 Å². The molecule has 1 atom stereocenters. The summed E-state index contributed by atoms with van der Waals surface area (Å²) in [5.74, 6) is -0.544. The molecule has 0 bridgehead atoms. The number of rotatable bonds is 7. The highest BCUT2D eigenvalue weighted by Gasteiger charge is 2.24. The first-order valence-corrected chi connectivity index (χ1v) is 11.1. The Labute approximate surface area is 176 Å². The number of amides is 2. The number of carbonyl (C=O) groups is 2. The minimum Gasteiger partial charge on any atom is -0.496 e. The van der Waals surface area contributed by atoms with E-state index in [0.717, 1.165) is 18.7 Å². The lowest BCUT2D eigenvalue weighted by molar-refractivity contribution is -0.139. The Morgan fingerprint density at radius 1 is 1.07 bits per heavy atom. The molecule has 2 heterocycles. The second-order valence-corrected chi connectivity index (χ2v) is 8.01. The summed E-state index contributed by atoms with van der Waals surface area (Å²) >= 11 is 1.66. The van der Waals surface area contributed by atoms with Crippen LogP contribution in [0.15, 0.2) is 41.1 Å². The van der Waals surface area contributed by atoms with Crippen LogP contribution in [0.2, 0.25) is 0 Å². The molecule has 1 saturated heterocycles. The lowest BCUT2D eigenvalue weighted by Crippen LogP contribution is -2.44. The number of nitrogens with one attached hydrogen (secondary N) is 2. The van der Waals surface area contributed by atoms with Crippen molar-refractivity contribution >= 4 is 23.2 Å². The summed E-state index contributed by atoms with van der Waals surface area (Å²) in [5.41, 5.74) is 2.03. The molecule has 2 amide bonds. The third kappa shape index (κ3) is 6.05. The summed E-state index contributed by atoms with van der Waals surface area (Å²) in [6.07, 6.45) is 4.86. The van der Waals surface area contributed by atoms with Crippen molar-refractivity contribution in [3.8, 4) is 5.75 Å². The topological polar surface area (TPSA) is 70.7 Å². The quantitative estimate of drug-likeness (QED) is 0.682. The minimum absolute atomic E-state index is 0.102. The van der Waals surface area contributed by atoms with Gasteiger partial charge in [0.25, 0.3) is 0 Å². The molecule has 1 aromatic heterocycles. The fourth-order valence-electron chi connectivity index (χ4n) is 3.70. The minimum atomic E-state index is -0.629. The summed E-state index contributed by atoms with van der Waals surface area (Å²) in [4.78, 5) is 27.1. The summed E-state index contributed by atoms with van der Waals surface area (Å²) in [7, 11) is 1.58. The lowest BCUT2D eigenvalue weighted by Gasteiger charge is -2.30. The number of hydrogen-bond donors (Lipinski definition) is 2. The maximum absolute atomic E-state index is 12.4. The molecule has 1 aromatic carbocycles. The Kier molecular flexibility index (Phi) is 8.07. The number of benzene rings is 1. The summed E-state index contributed by atoms with van der Waals surface area (Å²) in [5, 5.41) is 9.70. The Bertz CT molecular complexity index is 786. The predicted molar refractivity (Wildman–Crippen MR) is 115 cm³/mol. The van der Waals surface area contributed by atoms with E-state index in [1.54, 1.807) is 18.4 Å². The van der Waals surface area contributed by atoms with Crippen molar-refractivity contribution in [3.63, 3.8) is 0 Å². The summed E-state index contributed by atoms with van der Waals surface area (Å²) < 4.78 is 5.28. The van der Waals surface area contributed by atoms with E-state index in [-0.39, 0.29) is 12.6 Å². The van der Waals surface area contributed by atoms with Crippen LogP contribution in [0, 0.1) is 0 Å². The molecule has 1 aliphatic heterocycles. The molecule has 6 nitrogen and oxygen atoms in total. The van der Waals surface area contributed by atoms with Gasteiger partial charge in [-0.05, 0) is 54.4 Å². The zero-order chi connectivity index (χ0) is 20.5. The first-order chi connectivity index (χ1) is 14.2. The van der Waals surface area contributed by atoms with Crippen molar-refractivity contribution in [2.45, 2.75) is 38.3 Å². The Balaban J connectivity index is 1.55. The second-order valence-electron chi connectivity index (χ2n) is 7.23. The summed E-state index contributed by atoms with van der Waals surface area (Å²) in [6.45, 7) is 2.72. The average molecular weight is 416 g/mol. The van der Waals surface area contributed by atoms with Crippen LogP contribution in [0.5, 0.6) is 5.75 Å².